The number of carbonyl (C=O) groups is 2. The van der Waals surface area contributed by atoms with E-state index in [-0.39, 0.29) is 18.1 Å². The average molecular weight is 366 g/mol. The maximum absolute atomic E-state index is 12.2. The Balaban J connectivity index is 1.40. The largest absolute Gasteiger partial charge is 0.497 e. The van der Waals surface area contributed by atoms with E-state index in [0.717, 1.165) is 11.3 Å². The molecule has 0 fully saturated rings. The molecule has 0 bridgehead atoms. The quantitative estimate of drug-likeness (QED) is 0.804. The van der Waals surface area contributed by atoms with Gasteiger partial charge in [0.15, 0.2) is 17.6 Å². The van der Waals surface area contributed by atoms with Gasteiger partial charge in [0.25, 0.3) is 5.91 Å². The van der Waals surface area contributed by atoms with Gasteiger partial charge in [-0.2, -0.15) is 0 Å². The lowest BCUT2D eigenvalue weighted by Gasteiger charge is -2.17. The maximum atomic E-state index is 12.2. The van der Waals surface area contributed by atoms with Gasteiger partial charge in [0, 0.05) is 11.6 Å². The Kier molecular flexibility index (Phi) is 4.21. The number of benzene rings is 1. The SMILES string of the molecule is COc1ccc(-c2cc(CC(=O)NC3=NC4N=CN=C4C(=O)N3)no2)cc1. The summed E-state index contributed by atoms with van der Waals surface area (Å²) in [6, 6.07) is 8.94. The Hall–Kier alpha value is -3.82. The lowest BCUT2D eigenvalue weighted by molar-refractivity contribution is -0.119. The van der Waals surface area contributed by atoms with E-state index in [9.17, 15) is 9.59 Å². The molecule has 2 aliphatic rings. The highest BCUT2D eigenvalue weighted by Gasteiger charge is 2.31. The van der Waals surface area contributed by atoms with E-state index in [1.54, 1.807) is 25.3 Å². The van der Waals surface area contributed by atoms with Crippen molar-refractivity contribution in [3.8, 4) is 17.1 Å². The topological polar surface area (TPSA) is 131 Å². The van der Waals surface area contributed by atoms with Crippen LogP contribution in [-0.2, 0) is 16.0 Å². The van der Waals surface area contributed by atoms with E-state index in [4.69, 9.17) is 9.26 Å². The molecule has 0 aliphatic carbocycles. The number of hydrogen-bond acceptors (Lipinski definition) is 8. The predicted octanol–water partition coefficient (Wildman–Crippen LogP) is 0.304. The first kappa shape index (κ1) is 16.6. The average Bonchev–Trinajstić information content (AvgIpc) is 3.31. The van der Waals surface area contributed by atoms with Gasteiger partial charge in [-0.3, -0.25) is 20.2 Å². The first-order valence-electron chi connectivity index (χ1n) is 8.01. The summed E-state index contributed by atoms with van der Waals surface area (Å²) in [5.41, 5.74) is 1.46. The summed E-state index contributed by atoms with van der Waals surface area (Å²) in [6.07, 6.45) is 0.524. The Morgan fingerprint density at radius 1 is 1.33 bits per heavy atom. The highest BCUT2D eigenvalue weighted by atomic mass is 16.5. The molecule has 3 heterocycles. The second-order valence-corrected chi connectivity index (χ2v) is 5.72. The number of aliphatic imine (C=N–C) groups is 3. The molecule has 27 heavy (non-hydrogen) atoms. The van der Waals surface area contributed by atoms with Gasteiger partial charge < -0.3 is 9.26 Å². The number of amides is 2. The number of nitrogens with zero attached hydrogens (tertiary/aromatic N) is 4. The smallest absolute Gasteiger partial charge is 0.276 e. The number of methoxy groups -OCH3 is 1. The first-order valence-corrected chi connectivity index (χ1v) is 8.01. The summed E-state index contributed by atoms with van der Waals surface area (Å²) in [6.45, 7) is 0. The fourth-order valence-corrected chi connectivity index (χ4v) is 2.58. The molecule has 1 atom stereocenters. The van der Waals surface area contributed by atoms with E-state index in [1.807, 2.05) is 12.1 Å². The molecule has 1 aromatic carbocycles. The lowest BCUT2D eigenvalue weighted by Crippen LogP contribution is -2.52. The molecule has 0 saturated carbocycles. The van der Waals surface area contributed by atoms with Crippen LogP contribution in [0.25, 0.3) is 11.3 Å². The van der Waals surface area contributed by atoms with E-state index >= 15 is 0 Å². The monoisotopic (exact) mass is 366 g/mol. The zero-order valence-electron chi connectivity index (χ0n) is 14.2. The van der Waals surface area contributed by atoms with Crippen molar-refractivity contribution in [2.24, 2.45) is 15.0 Å². The summed E-state index contributed by atoms with van der Waals surface area (Å²) >= 11 is 0. The van der Waals surface area contributed by atoms with Crippen molar-refractivity contribution in [3.63, 3.8) is 0 Å². The Labute approximate surface area is 153 Å². The van der Waals surface area contributed by atoms with E-state index in [1.165, 1.54) is 6.34 Å². The van der Waals surface area contributed by atoms with Crippen molar-refractivity contribution in [1.82, 2.24) is 15.8 Å². The number of guanidine groups is 1. The van der Waals surface area contributed by atoms with Crippen LogP contribution in [0.15, 0.2) is 49.8 Å². The van der Waals surface area contributed by atoms with Crippen molar-refractivity contribution >= 4 is 29.8 Å². The van der Waals surface area contributed by atoms with Crippen molar-refractivity contribution in [2.75, 3.05) is 7.11 Å². The second kappa shape index (κ2) is 6.83. The third kappa shape index (κ3) is 3.45. The van der Waals surface area contributed by atoms with Gasteiger partial charge in [0.1, 0.15) is 12.1 Å². The van der Waals surface area contributed by atoms with Crippen LogP contribution >= 0.6 is 0 Å². The van der Waals surface area contributed by atoms with E-state index < -0.39 is 18.0 Å². The number of ether oxygens (including phenoxy) is 1. The minimum Gasteiger partial charge on any atom is -0.497 e. The molecule has 136 valence electrons. The molecule has 0 spiro atoms. The van der Waals surface area contributed by atoms with Crippen molar-refractivity contribution in [2.45, 2.75) is 12.6 Å². The van der Waals surface area contributed by atoms with Crippen LogP contribution < -0.4 is 15.4 Å². The molecule has 0 radical (unpaired) electrons. The number of fused-ring (bicyclic) bond motifs is 1. The number of aromatic nitrogens is 1. The van der Waals surface area contributed by atoms with Crippen molar-refractivity contribution in [1.29, 1.82) is 0 Å². The highest BCUT2D eigenvalue weighted by molar-refractivity contribution is 6.46. The van der Waals surface area contributed by atoms with Crippen LogP contribution in [0.1, 0.15) is 5.69 Å². The fraction of sp³-hybridized carbons (Fsp3) is 0.176. The fourth-order valence-electron chi connectivity index (χ4n) is 2.58. The third-order valence-corrected chi connectivity index (χ3v) is 3.90. The third-order valence-electron chi connectivity index (χ3n) is 3.90. The minimum absolute atomic E-state index is 0.0341. The molecular weight excluding hydrogens is 352 g/mol. The van der Waals surface area contributed by atoms with Crippen LogP contribution in [0, 0.1) is 0 Å². The highest BCUT2D eigenvalue weighted by Crippen LogP contribution is 2.23. The molecule has 0 saturated heterocycles. The van der Waals surface area contributed by atoms with Crippen LogP contribution in [0.2, 0.25) is 0 Å². The van der Waals surface area contributed by atoms with Gasteiger partial charge in [0.05, 0.1) is 19.2 Å². The first-order chi connectivity index (χ1) is 13.1. The molecule has 2 aliphatic heterocycles. The molecule has 2 N–H and O–H groups in total. The zero-order valence-corrected chi connectivity index (χ0v) is 14.2. The summed E-state index contributed by atoms with van der Waals surface area (Å²) in [4.78, 5) is 35.9. The van der Waals surface area contributed by atoms with Gasteiger partial charge in [0.2, 0.25) is 11.9 Å². The van der Waals surface area contributed by atoms with Crippen molar-refractivity contribution < 1.29 is 18.8 Å². The molecule has 1 aromatic heterocycles. The van der Waals surface area contributed by atoms with Gasteiger partial charge >= 0.3 is 0 Å². The van der Waals surface area contributed by atoms with Gasteiger partial charge in [-0.15, -0.1) is 0 Å². The van der Waals surface area contributed by atoms with Gasteiger partial charge in [-0.05, 0) is 24.3 Å². The Morgan fingerprint density at radius 2 is 2.15 bits per heavy atom. The summed E-state index contributed by atoms with van der Waals surface area (Å²) in [5, 5.41) is 8.88. The lowest BCUT2D eigenvalue weighted by atomic mass is 10.1. The summed E-state index contributed by atoms with van der Waals surface area (Å²) < 4.78 is 10.4. The number of hydrogen-bond donors (Lipinski definition) is 2. The standard InChI is InChI=1S/C17H14N6O4/c1-26-11-4-2-9(3-5-11)12-6-10(23-27-12)7-13(24)20-17-21-15-14(16(25)22-17)18-8-19-15/h2-6,8,15H,7H2,1H3,(H2,20,21,22,24,25). The maximum Gasteiger partial charge on any atom is 0.276 e. The molecule has 4 rings (SSSR count). The molecule has 10 heteroatoms. The second-order valence-electron chi connectivity index (χ2n) is 5.72. The zero-order chi connectivity index (χ0) is 18.8. The van der Waals surface area contributed by atoms with E-state index in [0.29, 0.717) is 11.5 Å². The molecular formula is C17H14N6O4. The van der Waals surface area contributed by atoms with Crippen LogP contribution in [-0.4, -0.2) is 48.3 Å². The van der Waals surface area contributed by atoms with E-state index in [2.05, 4.69) is 30.8 Å². The Morgan fingerprint density at radius 3 is 2.93 bits per heavy atom. The van der Waals surface area contributed by atoms with Gasteiger partial charge in [-0.25, -0.2) is 15.0 Å². The van der Waals surface area contributed by atoms with Gasteiger partial charge in [-0.1, -0.05) is 5.16 Å². The Bertz CT molecular complexity index is 989. The molecule has 2 amide bonds. The summed E-state index contributed by atoms with van der Waals surface area (Å²) in [7, 11) is 1.59. The number of carbonyl (C=O) groups excluding carboxylic acids is 2. The van der Waals surface area contributed by atoms with Crippen LogP contribution in [0.3, 0.4) is 0 Å². The molecule has 1 unspecified atom stereocenters. The van der Waals surface area contributed by atoms with Crippen molar-refractivity contribution in [3.05, 3.63) is 36.0 Å². The normalized spacial score (nSPS) is 17.7. The summed E-state index contributed by atoms with van der Waals surface area (Å²) in [5.74, 6) is 0.460. The molecule has 10 nitrogen and oxygen atoms in total. The van der Waals surface area contributed by atoms with Crippen LogP contribution in [0.5, 0.6) is 5.75 Å². The van der Waals surface area contributed by atoms with Crippen LogP contribution in [0.4, 0.5) is 0 Å². The minimum atomic E-state index is -0.706. The number of rotatable bonds is 4. The number of nitrogens with one attached hydrogen (secondary N) is 2. The molecule has 2 aromatic rings. The predicted molar refractivity (Wildman–Crippen MR) is 95.6 cm³/mol.